The van der Waals surface area contributed by atoms with Crippen LogP contribution in [0.3, 0.4) is 0 Å². The molecule has 0 radical (unpaired) electrons. The number of para-hydroxylation sites is 1. The molecule has 0 aromatic heterocycles. The monoisotopic (exact) mass is 208 g/mol. The quantitative estimate of drug-likeness (QED) is 0.705. The van der Waals surface area contributed by atoms with Crippen molar-refractivity contribution in [1.29, 1.82) is 0 Å². The Bertz CT molecular complexity index is 390. The van der Waals surface area contributed by atoms with Crippen LogP contribution in [0.25, 0.3) is 0 Å². The van der Waals surface area contributed by atoms with Crippen LogP contribution in [0.5, 0.6) is 0 Å². The normalized spacial score (nSPS) is 9.67. The number of nitrogens with zero attached hydrogens (tertiary/aromatic N) is 1. The molecule has 0 bridgehead atoms. The minimum Gasteiger partial charge on any atom is -0.480 e. The molecule has 0 saturated carbocycles. The molecular formula is C10H12N2O3. The Kier molecular flexibility index (Phi) is 3.28. The number of hydrogen-bond acceptors (Lipinski definition) is 3. The molecule has 1 aromatic carbocycles. The number of carboxylic acid groups (broad SMARTS) is 1. The molecule has 15 heavy (non-hydrogen) atoms. The number of carboxylic acids is 1. The third kappa shape index (κ3) is 2.70. The van der Waals surface area contributed by atoms with Gasteiger partial charge in [-0.15, -0.1) is 0 Å². The second-order valence-corrected chi connectivity index (χ2v) is 3.14. The Balaban J connectivity index is 2.85. The van der Waals surface area contributed by atoms with Crippen molar-refractivity contribution < 1.29 is 14.7 Å². The van der Waals surface area contributed by atoms with Crippen LogP contribution in [0.15, 0.2) is 24.3 Å². The van der Waals surface area contributed by atoms with Gasteiger partial charge >= 0.3 is 5.97 Å². The fraction of sp³-hybridized carbons (Fsp3) is 0.200. The lowest BCUT2D eigenvalue weighted by atomic mass is 10.1. The van der Waals surface area contributed by atoms with Crippen molar-refractivity contribution in [2.24, 2.45) is 0 Å². The summed E-state index contributed by atoms with van der Waals surface area (Å²) in [6.07, 6.45) is 0. The molecule has 5 nitrogen and oxygen atoms in total. The number of nitrogens with two attached hydrogens (primary N) is 1. The minimum absolute atomic E-state index is 0.321. The van der Waals surface area contributed by atoms with Gasteiger partial charge < -0.3 is 15.7 Å². The topological polar surface area (TPSA) is 83.6 Å². The molecule has 1 amide bonds. The molecule has 80 valence electrons. The summed E-state index contributed by atoms with van der Waals surface area (Å²) >= 11 is 0. The van der Waals surface area contributed by atoms with Crippen LogP contribution >= 0.6 is 0 Å². The summed E-state index contributed by atoms with van der Waals surface area (Å²) in [6.45, 7) is -0.340. The smallest absolute Gasteiger partial charge is 0.323 e. The number of aliphatic carboxylic acids is 1. The van der Waals surface area contributed by atoms with Gasteiger partial charge in [-0.2, -0.15) is 0 Å². The minimum atomic E-state index is -1.06. The number of carbonyl (C=O) groups is 2. The van der Waals surface area contributed by atoms with E-state index in [0.717, 1.165) is 4.90 Å². The molecule has 0 aliphatic heterocycles. The van der Waals surface area contributed by atoms with Crippen LogP contribution in [0.1, 0.15) is 10.4 Å². The highest BCUT2D eigenvalue weighted by atomic mass is 16.4. The maximum absolute atomic E-state index is 11.7. The molecule has 0 aliphatic carbocycles. The van der Waals surface area contributed by atoms with Crippen molar-refractivity contribution in [3.05, 3.63) is 29.8 Å². The highest BCUT2D eigenvalue weighted by Crippen LogP contribution is 2.12. The number of anilines is 1. The molecule has 0 fully saturated rings. The van der Waals surface area contributed by atoms with Crippen LogP contribution < -0.4 is 5.73 Å². The van der Waals surface area contributed by atoms with Crippen molar-refractivity contribution in [2.45, 2.75) is 0 Å². The lowest BCUT2D eigenvalue weighted by Crippen LogP contribution is -2.32. The highest BCUT2D eigenvalue weighted by Gasteiger charge is 2.15. The van der Waals surface area contributed by atoms with E-state index >= 15 is 0 Å². The van der Waals surface area contributed by atoms with Gasteiger partial charge in [0, 0.05) is 12.7 Å². The third-order valence-corrected chi connectivity index (χ3v) is 1.91. The Labute approximate surface area is 87.1 Å². The number of benzene rings is 1. The van der Waals surface area contributed by atoms with Gasteiger partial charge in [0.2, 0.25) is 0 Å². The van der Waals surface area contributed by atoms with Gasteiger partial charge in [0.1, 0.15) is 6.54 Å². The summed E-state index contributed by atoms with van der Waals surface area (Å²) in [6, 6.07) is 6.55. The Morgan fingerprint density at radius 3 is 2.53 bits per heavy atom. The van der Waals surface area contributed by atoms with E-state index in [1.54, 1.807) is 24.3 Å². The number of likely N-dealkylation sites (N-methyl/N-ethyl adjacent to an activating group) is 1. The lowest BCUT2D eigenvalue weighted by molar-refractivity contribution is -0.137. The summed E-state index contributed by atoms with van der Waals surface area (Å²) in [5, 5.41) is 8.52. The number of nitrogen functional groups attached to an aromatic ring is 1. The van der Waals surface area contributed by atoms with E-state index < -0.39 is 11.9 Å². The lowest BCUT2D eigenvalue weighted by Gasteiger charge is -2.15. The van der Waals surface area contributed by atoms with E-state index in [9.17, 15) is 9.59 Å². The maximum Gasteiger partial charge on any atom is 0.323 e. The fourth-order valence-corrected chi connectivity index (χ4v) is 1.17. The van der Waals surface area contributed by atoms with Crippen molar-refractivity contribution in [3.8, 4) is 0 Å². The van der Waals surface area contributed by atoms with Crippen LogP contribution in [-0.4, -0.2) is 35.5 Å². The van der Waals surface area contributed by atoms with Gasteiger partial charge in [-0.3, -0.25) is 9.59 Å². The van der Waals surface area contributed by atoms with E-state index in [-0.39, 0.29) is 6.54 Å². The summed E-state index contributed by atoms with van der Waals surface area (Å²) in [5.41, 5.74) is 6.26. The van der Waals surface area contributed by atoms with E-state index in [4.69, 9.17) is 10.8 Å². The van der Waals surface area contributed by atoms with Crippen molar-refractivity contribution >= 4 is 17.6 Å². The zero-order valence-electron chi connectivity index (χ0n) is 8.30. The highest BCUT2D eigenvalue weighted by molar-refractivity contribution is 6.00. The zero-order chi connectivity index (χ0) is 11.4. The predicted molar refractivity (Wildman–Crippen MR) is 55.5 cm³/mol. The van der Waals surface area contributed by atoms with Crippen LogP contribution in [0.4, 0.5) is 5.69 Å². The largest absolute Gasteiger partial charge is 0.480 e. The molecule has 0 atom stereocenters. The number of amides is 1. The van der Waals surface area contributed by atoms with Crippen LogP contribution in [0.2, 0.25) is 0 Å². The average Bonchev–Trinajstić information content (AvgIpc) is 2.16. The first kappa shape index (κ1) is 11.0. The summed E-state index contributed by atoms with van der Waals surface area (Å²) < 4.78 is 0. The molecule has 5 heteroatoms. The third-order valence-electron chi connectivity index (χ3n) is 1.91. The molecule has 0 heterocycles. The van der Waals surface area contributed by atoms with Crippen LogP contribution in [-0.2, 0) is 4.79 Å². The molecule has 3 N–H and O–H groups in total. The molecular weight excluding hydrogens is 196 g/mol. The molecule has 1 rings (SSSR count). The first-order chi connectivity index (χ1) is 7.02. The second-order valence-electron chi connectivity index (χ2n) is 3.14. The predicted octanol–water partition coefficient (Wildman–Crippen LogP) is 0.425. The fourth-order valence-electron chi connectivity index (χ4n) is 1.17. The van der Waals surface area contributed by atoms with Crippen LogP contribution in [0, 0.1) is 0 Å². The molecule has 1 aromatic rings. The standard InChI is InChI=1S/C10H12N2O3/c1-12(6-9(13)14)10(15)7-4-2-3-5-8(7)11/h2-5H,6,11H2,1H3,(H,13,14). The van der Waals surface area contributed by atoms with Gasteiger partial charge in [-0.05, 0) is 12.1 Å². The van der Waals surface area contributed by atoms with Gasteiger partial charge in [0.05, 0.1) is 5.56 Å². The number of carbonyl (C=O) groups excluding carboxylic acids is 1. The summed E-state index contributed by atoms with van der Waals surface area (Å²) in [4.78, 5) is 23.2. The van der Waals surface area contributed by atoms with E-state index in [1.807, 2.05) is 0 Å². The van der Waals surface area contributed by atoms with Gasteiger partial charge in [0.25, 0.3) is 5.91 Å². The van der Waals surface area contributed by atoms with E-state index in [1.165, 1.54) is 7.05 Å². The average molecular weight is 208 g/mol. The summed E-state index contributed by atoms with van der Waals surface area (Å²) in [7, 11) is 1.42. The molecule has 0 unspecified atom stereocenters. The molecule has 0 aliphatic rings. The van der Waals surface area contributed by atoms with Gasteiger partial charge in [-0.1, -0.05) is 12.1 Å². The maximum atomic E-state index is 11.7. The SMILES string of the molecule is CN(CC(=O)O)C(=O)c1ccccc1N. The zero-order valence-corrected chi connectivity index (χ0v) is 8.30. The Hall–Kier alpha value is -2.04. The summed E-state index contributed by atoms with van der Waals surface area (Å²) in [5.74, 6) is -1.45. The van der Waals surface area contributed by atoms with E-state index in [2.05, 4.69) is 0 Å². The second kappa shape index (κ2) is 4.45. The Morgan fingerprint density at radius 1 is 1.40 bits per heavy atom. The van der Waals surface area contributed by atoms with Crippen molar-refractivity contribution in [2.75, 3.05) is 19.3 Å². The first-order valence-corrected chi connectivity index (χ1v) is 4.34. The molecule has 0 saturated heterocycles. The van der Waals surface area contributed by atoms with E-state index in [0.29, 0.717) is 11.3 Å². The Morgan fingerprint density at radius 2 is 2.00 bits per heavy atom. The molecule has 0 spiro atoms. The number of hydrogen-bond donors (Lipinski definition) is 2. The van der Waals surface area contributed by atoms with Crippen molar-refractivity contribution in [1.82, 2.24) is 4.90 Å². The first-order valence-electron chi connectivity index (χ1n) is 4.34. The van der Waals surface area contributed by atoms with Gasteiger partial charge in [0.15, 0.2) is 0 Å². The van der Waals surface area contributed by atoms with Crippen molar-refractivity contribution in [3.63, 3.8) is 0 Å². The van der Waals surface area contributed by atoms with Gasteiger partial charge in [-0.25, -0.2) is 0 Å². The number of rotatable bonds is 3.